The van der Waals surface area contributed by atoms with Gasteiger partial charge in [-0.3, -0.25) is 4.79 Å². The minimum atomic E-state index is -1.01. The minimum absolute atomic E-state index is 0.0677. The van der Waals surface area contributed by atoms with Crippen molar-refractivity contribution < 1.29 is 19.8 Å². The largest absolute Gasteiger partial charge is 0.465 e. The summed E-state index contributed by atoms with van der Waals surface area (Å²) in [6.45, 7) is 6.86. The fourth-order valence-corrected chi connectivity index (χ4v) is 0.418. The molecule has 0 aliphatic carbocycles. The molecular formula is C9H16N2O4. The molecule has 0 aliphatic heterocycles. The quantitative estimate of drug-likeness (QED) is 0.378. The monoisotopic (exact) mass is 216 g/mol. The molecule has 0 aromatic carbocycles. The topological polar surface area (TPSA) is 113 Å². The van der Waals surface area contributed by atoms with E-state index in [1.165, 1.54) is 6.08 Å². The molecule has 0 radical (unpaired) electrons. The number of aliphatic hydroxyl groups is 1. The molecule has 0 unspecified atom stereocenters. The van der Waals surface area contributed by atoms with E-state index >= 15 is 0 Å². The molecule has 0 fully saturated rings. The molecule has 0 aromatic rings. The van der Waals surface area contributed by atoms with Crippen molar-refractivity contribution in [1.82, 2.24) is 5.32 Å². The Hall–Kier alpha value is -1.82. The zero-order valence-electron chi connectivity index (χ0n) is 8.40. The number of primary amides is 1. The molecule has 0 bridgehead atoms. The van der Waals surface area contributed by atoms with E-state index in [2.05, 4.69) is 18.5 Å². The van der Waals surface area contributed by atoms with Crippen molar-refractivity contribution in [3.63, 3.8) is 0 Å². The maximum absolute atomic E-state index is 10.1. The molecule has 0 aromatic heterocycles. The van der Waals surface area contributed by atoms with Crippen LogP contribution >= 0.6 is 0 Å². The minimum Gasteiger partial charge on any atom is -0.465 e. The fourth-order valence-electron chi connectivity index (χ4n) is 0.418. The number of aliphatic hydroxyl groups excluding tert-OH is 1. The SMILES string of the molecule is C=C(CCO)C(N)=O.C=CCNC(=O)O. The lowest BCUT2D eigenvalue weighted by Crippen LogP contribution is -2.19. The van der Waals surface area contributed by atoms with Gasteiger partial charge in [-0.2, -0.15) is 0 Å². The van der Waals surface area contributed by atoms with Crippen molar-refractivity contribution in [2.45, 2.75) is 6.42 Å². The molecule has 0 atom stereocenters. The summed E-state index contributed by atoms with van der Waals surface area (Å²) in [6.07, 6.45) is 0.739. The maximum Gasteiger partial charge on any atom is 0.404 e. The van der Waals surface area contributed by atoms with Crippen molar-refractivity contribution in [3.8, 4) is 0 Å². The molecule has 0 aliphatic rings. The highest BCUT2D eigenvalue weighted by atomic mass is 16.4. The van der Waals surface area contributed by atoms with Crippen LogP contribution in [0.1, 0.15) is 6.42 Å². The second kappa shape index (κ2) is 10.3. The number of rotatable bonds is 5. The van der Waals surface area contributed by atoms with Gasteiger partial charge in [0.25, 0.3) is 0 Å². The van der Waals surface area contributed by atoms with E-state index in [0.29, 0.717) is 6.54 Å². The summed E-state index contributed by atoms with van der Waals surface area (Å²) in [5.41, 5.74) is 5.04. The molecule has 0 saturated carbocycles. The molecule has 0 heterocycles. The highest BCUT2D eigenvalue weighted by Gasteiger charge is 1.97. The van der Waals surface area contributed by atoms with Crippen molar-refractivity contribution >= 4 is 12.0 Å². The third-order valence-corrected chi connectivity index (χ3v) is 1.16. The second-order valence-corrected chi connectivity index (χ2v) is 2.42. The zero-order chi connectivity index (χ0) is 12.3. The van der Waals surface area contributed by atoms with E-state index < -0.39 is 12.0 Å². The molecule has 5 N–H and O–H groups in total. The molecular weight excluding hydrogens is 200 g/mol. The van der Waals surface area contributed by atoms with Crippen LogP contribution in [0.25, 0.3) is 0 Å². The van der Waals surface area contributed by atoms with Crippen LogP contribution in [-0.4, -0.2) is 35.4 Å². The van der Waals surface area contributed by atoms with Gasteiger partial charge in [0.15, 0.2) is 0 Å². The summed E-state index contributed by atoms with van der Waals surface area (Å²) in [6, 6.07) is 0. The number of nitrogens with one attached hydrogen (secondary N) is 1. The Balaban J connectivity index is 0. The van der Waals surface area contributed by atoms with Crippen molar-refractivity contribution in [3.05, 3.63) is 24.8 Å². The molecule has 2 amide bonds. The van der Waals surface area contributed by atoms with Gasteiger partial charge in [0.2, 0.25) is 5.91 Å². The summed E-state index contributed by atoms with van der Waals surface area (Å²) in [4.78, 5) is 19.7. The lowest BCUT2D eigenvalue weighted by molar-refractivity contribution is -0.114. The Morgan fingerprint density at radius 1 is 1.47 bits per heavy atom. The average Bonchev–Trinajstić information content (AvgIpc) is 2.16. The number of amides is 2. The third-order valence-electron chi connectivity index (χ3n) is 1.16. The van der Waals surface area contributed by atoms with Gasteiger partial charge in [-0.25, -0.2) is 4.79 Å². The van der Waals surface area contributed by atoms with Crippen molar-refractivity contribution in [2.24, 2.45) is 5.73 Å². The zero-order valence-corrected chi connectivity index (χ0v) is 8.40. The Bertz CT molecular complexity index is 238. The van der Waals surface area contributed by atoms with E-state index in [9.17, 15) is 9.59 Å². The van der Waals surface area contributed by atoms with Gasteiger partial charge in [-0.15, -0.1) is 6.58 Å². The Kier molecular flexibility index (Phi) is 10.7. The summed E-state index contributed by atoms with van der Waals surface area (Å²) in [7, 11) is 0. The predicted octanol–water partition coefficient (Wildman–Crippen LogP) is -0.150. The first kappa shape index (κ1) is 15.6. The summed E-state index contributed by atoms with van der Waals surface area (Å²) < 4.78 is 0. The van der Waals surface area contributed by atoms with Crippen molar-refractivity contribution in [2.75, 3.05) is 13.2 Å². The predicted molar refractivity (Wildman–Crippen MR) is 56.3 cm³/mol. The standard InChI is InChI=1S/C5H9NO2.C4H7NO2/c1-4(2-3-7)5(6)8;1-2-3-5-4(6)7/h7H,1-3H2,(H2,6,8);2,5H,1,3H2,(H,6,7). The number of nitrogens with two attached hydrogens (primary N) is 1. The highest BCUT2D eigenvalue weighted by Crippen LogP contribution is 1.92. The van der Waals surface area contributed by atoms with Crippen LogP contribution in [0.3, 0.4) is 0 Å². The Morgan fingerprint density at radius 3 is 2.13 bits per heavy atom. The second-order valence-electron chi connectivity index (χ2n) is 2.42. The number of carbonyl (C=O) groups is 2. The van der Waals surface area contributed by atoms with Gasteiger partial charge in [0.1, 0.15) is 0 Å². The molecule has 0 rings (SSSR count). The molecule has 0 saturated heterocycles. The lowest BCUT2D eigenvalue weighted by Gasteiger charge is -1.93. The van der Waals surface area contributed by atoms with Crippen LogP contribution in [0.2, 0.25) is 0 Å². The van der Waals surface area contributed by atoms with Crippen LogP contribution in [0.15, 0.2) is 24.8 Å². The number of carbonyl (C=O) groups excluding carboxylic acids is 1. The van der Waals surface area contributed by atoms with Gasteiger partial charge in [-0.1, -0.05) is 12.7 Å². The lowest BCUT2D eigenvalue weighted by atomic mass is 10.2. The maximum atomic E-state index is 10.1. The molecule has 86 valence electrons. The van der Waals surface area contributed by atoms with Crippen LogP contribution in [0, 0.1) is 0 Å². The smallest absolute Gasteiger partial charge is 0.404 e. The van der Waals surface area contributed by atoms with Crippen molar-refractivity contribution in [1.29, 1.82) is 0 Å². The number of carboxylic acid groups (broad SMARTS) is 1. The fraction of sp³-hybridized carbons (Fsp3) is 0.333. The summed E-state index contributed by atoms with van der Waals surface area (Å²) in [5.74, 6) is -0.543. The van der Waals surface area contributed by atoms with E-state index in [1.807, 2.05) is 0 Å². The van der Waals surface area contributed by atoms with Crippen LogP contribution < -0.4 is 11.1 Å². The van der Waals surface area contributed by atoms with Crippen LogP contribution in [0.5, 0.6) is 0 Å². The Morgan fingerprint density at radius 2 is 2.00 bits per heavy atom. The number of hydrogen-bond acceptors (Lipinski definition) is 3. The van der Waals surface area contributed by atoms with Gasteiger partial charge in [0, 0.05) is 25.1 Å². The first-order valence-corrected chi connectivity index (χ1v) is 4.11. The molecule has 0 spiro atoms. The first-order chi connectivity index (χ1) is 6.95. The molecule has 15 heavy (non-hydrogen) atoms. The summed E-state index contributed by atoms with van der Waals surface area (Å²) >= 11 is 0. The summed E-state index contributed by atoms with van der Waals surface area (Å²) in [5, 5.41) is 18.2. The molecule has 6 nitrogen and oxygen atoms in total. The van der Waals surface area contributed by atoms with E-state index in [1.54, 1.807) is 0 Å². The Labute approximate surface area is 88.1 Å². The van der Waals surface area contributed by atoms with Gasteiger partial charge >= 0.3 is 6.09 Å². The van der Waals surface area contributed by atoms with Gasteiger partial charge in [-0.05, 0) is 0 Å². The normalized spacial score (nSPS) is 8.07. The number of hydrogen-bond donors (Lipinski definition) is 4. The van der Waals surface area contributed by atoms with Gasteiger partial charge < -0.3 is 21.3 Å². The van der Waals surface area contributed by atoms with E-state index in [-0.39, 0.29) is 18.6 Å². The average molecular weight is 216 g/mol. The first-order valence-electron chi connectivity index (χ1n) is 4.11. The highest BCUT2D eigenvalue weighted by molar-refractivity contribution is 5.91. The van der Waals surface area contributed by atoms with E-state index in [4.69, 9.17) is 15.9 Å². The third kappa shape index (κ3) is 15.0. The van der Waals surface area contributed by atoms with E-state index in [0.717, 1.165) is 0 Å². The van der Waals surface area contributed by atoms with Gasteiger partial charge in [0.05, 0.1) is 0 Å². The van der Waals surface area contributed by atoms with Crippen LogP contribution in [-0.2, 0) is 4.79 Å². The van der Waals surface area contributed by atoms with Crippen LogP contribution in [0.4, 0.5) is 4.79 Å². The molecule has 6 heteroatoms.